The van der Waals surface area contributed by atoms with Crippen LogP contribution in [0.5, 0.6) is 5.75 Å². The van der Waals surface area contributed by atoms with Crippen molar-refractivity contribution >= 4 is 12.2 Å². The van der Waals surface area contributed by atoms with Gasteiger partial charge in [0.1, 0.15) is 5.75 Å². The van der Waals surface area contributed by atoms with Crippen molar-refractivity contribution in [3.63, 3.8) is 0 Å². The Bertz CT molecular complexity index is 555. The molecule has 0 N–H and O–H groups in total. The van der Waals surface area contributed by atoms with Gasteiger partial charge in [-0.1, -0.05) is 37.5 Å². The lowest BCUT2D eigenvalue weighted by Crippen LogP contribution is -2.20. The molecule has 1 nitrogen and oxygen atoms in total. The van der Waals surface area contributed by atoms with Crippen LogP contribution in [-0.2, 0) is 0 Å². The maximum Gasteiger partial charge on any atom is 0.119 e. The molecule has 0 heterocycles. The summed E-state index contributed by atoms with van der Waals surface area (Å²) in [6.45, 7) is 0.151. The van der Waals surface area contributed by atoms with Gasteiger partial charge < -0.3 is 4.74 Å². The van der Waals surface area contributed by atoms with E-state index in [0.29, 0.717) is 18.4 Å². The molecule has 0 aromatic heterocycles. The smallest absolute Gasteiger partial charge is 0.119 e. The van der Waals surface area contributed by atoms with E-state index in [-0.39, 0.29) is 6.67 Å². The molecule has 2 aliphatic carbocycles. The highest BCUT2D eigenvalue weighted by molar-refractivity contribution is 5.58. The monoisotopic (exact) mass is 260 g/mol. The molecule has 102 valence electrons. The Hall–Kier alpha value is -1.31. The van der Waals surface area contributed by atoms with Crippen molar-refractivity contribution in [2.24, 2.45) is 5.41 Å². The van der Waals surface area contributed by atoms with Gasteiger partial charge >= 0.3 is 0 Å². The van der Waals surface area contributed by atoms with Crippen LogP contribution in [0.15, 0.2) is 18.2 Å². The zero-order chi connectivity index (χ0) is 13.1. The Morgan fingerprint density at radius 1 is 1.05 bits per heavy atom. The van der Waals surface area contributed by atoms with Crippen molar-refractivity contribution in [3.8, 4) is 5.75 Å². The summed E-state index contributed by atoms with van der Waals surface area (Å²) in [5, 5.41) is 2.62. The first-order chi connectivity index (χ1) is 9.31. The second kappa shape index (κ2) is 5.36. The summed E-state index contributed by atoms with van der Waals surface area (Å²) in [4.78, 5) is 0. The topological polar surface area (TPSA) is 9.23 Å². The molecule has 0 amide bonds. The lowest BCUT2D eigenvalue weighted by atomic mass is 9.75. The Balaban J connectivity index is 1.82. The minimum atomic E-state index is -0.312. The van der Waals surface area contributed by atoms with Crippen molar-refractivity contribution in [2.75, 3.05) is 13.3 Å². The first kappa shape index (κ1) is 12.7. The van der Waals surface area contributed by atoms with E-state index in [1.54, 1.807) is 0 Å². The third kappa shape index (κ3) is 2.68. The molecule has 1 spiro atoms. The highest BCUT2D eigenvalue weighted by Gasteiger charge is 2.29. The normalized spacial score (nSPS) is 19.6. The van der Waals surface area contributed by atoms with Crippen LogP contribution in [-0.4, -0.2) is 13.3 Å². The van der Waals surface area contributed by atoms with Crippen LogP contribution in [0.25, 0.3) is 12.2 Å². The number of ether oxygens (including phenoxy) is 1. The van der Waals surface area contributed by atoms with Crippen LogP contribution in [0.3, 0.4) is 0 Å². The van der Waals surface area contributed by atoms with Gasteiger partial charge in [-0.3, -0.25) is 4.39 Å². The van der Waals surface area contributed by atoms with Crippen LogP contribution in [0, 0.1) is 5.41 Å². The average Bonchev–Trinajstić information content (AvgIpc) is 2.76. The van der Waals surface area contributed by atoms with Gasteiger partial charge in [0.05, 0.1) is 13.3 Å². The number of benzene rings is 1. The number of halogens is 1. The maximum atomic E-state index is 12.1. The standard InChI is InChI=1S/C17H21FO/c18-9-4-10-19-16-6-5-14-12-17(13-15(14)11-16)7-2-1-3-8-17/h5-6,11-13H,1-4,7-10H2. The van der Waals surface area contributed by atoms with Gasteiger partial charge in [-0.25, -0.2) is 0 Å². The van der Waals surface area contributed by atoms with E-state index in [2.05, 4.69) is 24.3 Å². The third-order valence-electron chi connectivity index (χ3n) is 4.28. The molecule has 0 unspecified atom stereocenters. The number of fused-ring (bicyclic) bond motifs is 1. The lowest BCUT2D eigenvalue weighted by Gasteiger charge is -2.29. The van der Waals surface area contributed by atoms with E-state index in [1.165, 1.54) is 42.5 Å². The average molecular weight is 260 g/mol. The van der Waals surface area contributed by atoms with Gasteiger partial charge in [0.25, 0.3) is 0 Å². The van der Waals surface area contributed by atoms with E-state index in [0.717, 1.165) is 5.75 Å². The van der Waals surface area contributed by atoms with Gasteiger partial charge in [-0.05, 0) is 35.4 Å². The molecular formula is C17H21FO. The predicted octanol–water partition coefficient (Wildman–Crippen LogP) is 2.95. The fraction of sp³-hybridized carbons (Fsp3) is 0.529. The number of hydrogen-bond acceptors (Lipinski definition) is 1. The van der Waals surface area contributed by atoms with Crippen LogP contribution in [0.2, 0.25) is 0 Å². The van der Waals surface area contributed by atoms with Crippen LogP contribution in [0.4, 0.5) is 4.39 Å². The van der Waals surface area contributed by atoms with E-state index < -0.39 is 0 Å². The lowest BCUT2D eigenvalue weighted by molar-refractivity contribution is 0.289. The van der Waals surface area contributed by atoms with Gasteiger partial charge in [-0.15, -0.1) is 0 Å². The van der Waals surface area contributed by atoms with Gasteiger partial charge in [0.15, 0.2) is 0 Å². The summed E-state index contributed by atoms with van der Waals surface area (Å²) in [6.07, 6.45) is 11.9. The van der Waals surface area contributed by atoms with E-state index in [4.69, 9.17) is 4.74 Å². The number of alkyl halides is 1. The molecule has 0 radical (unpaired) electrons. The largest absolute Gasteiger partial charge is 0.493 e. The molecule has 0 aliphatic heterocycles. The maximum absolute atomic E-state index is 12.1. The van der Waals surface area contributed by atoms with Crippen LogP contribution < -0.4 is 15.2 Å². The first-order valence-corrected chi connectivity index (χ1v) is 7.36. The molecule has 1 aromatic rings. The fourth-order valence-electron chi connectivity index (χ4n) is 3.30. The summed E-state index contributed by atoms with van der Waals surface area (Å²) in [7, 11) is 0. The van der Waals surface area contributed by atoms with E-state index in [1.807, 2.05) is 6.07 Å². The quantitative estimate of drug-likeness (QED) is 0.756. The van der Waals surface area contributed by atoms with Crippen molar-refractivity contribution in [2.45, 2.75) is 38.5 Å². The minimum Gasteiger partial charge on any atom is -0.493 e. The van der Waals surface area contributed by atoms with Gasteiger partial charge in [0, 0.05) is 11.8 Å². The minimum absolute atomic E-state index is 0.304. The molecule has 2 aliphatic rings. The Morgan fingerprint density at radius 2 is 1.84 bits per heavy atom. The molecule has 1 saturated carbocycles. The summed E-state index contributed by atoms with van der Waals surface area (Å²) in [5.41, 5.74) is 0.304. The molecule has 0 atom stereocenters. The highest BCUT2D eigenvalue weighted by Crippen LogP contribution is 2.40. The molecule has 0 bridgehead atoms. The van der Waals surface area contributed by atoms with E-state index >= 15 is 0 Å². The van der Waals surface area contributed by atoms with Crippen molar-refractivity contribution < 1.29 is 9.13 Å². The first-order valence-electron chi connectivity index (χ1n) is 7.36. The number of rotatable bonds is 4. The highest BCUT2D eigenvalue weighted by atomic mass is 19.1. The predicted molar refractivity (Wildman–Crippen MR) is 76.2 cm³/mol. The van der Waals surface area contributed by atoms with Crippen molar-refractivity contribution in [3.05, 3.63) is 28.6 Å². The second-order valence-corrected chi connectivity index (χ2v) is 5.76. The molecule has 0 saturated heterocycles. The molecule has 2 heteroatoms. The second-order valence-electron chi connectivity index (χ2n) is 5.76. The third-order valence-corrected chi connectivity index (χ3v) is 4.28. The summed E-state index contributed by atoms with van der Waals surface area (Å²) in [6, 6.07) is 6.25. The molecule has 1 aromatic carbocycles. The Morgan fingerprint density at radius 3 is 2.63 bits per heavy atom. The van der Waals surface area contributed by atoms with Crippen molar-refractivity contribution in [1.82, 2.24) is 0 Å². The molecule has 19 heavy (non-hydrogen) atoms. The summed E-state index contributed by atoms with van der Waals surface area (Å²) < 4.78 is 17.6. The molecule has 1 fully saturated rings. The van der Waals surface area contributed by atoms with Crippen molar-refractivity contribution in [1.29, 1.82) is 0 Å². The molecule has 3 rings (SSSR count). The SMILES string of the molecule is FCCCOc1ccc2c(c1)=CC1(C=2)CCCCC1. The van der Waals surface area contributed by atoms with Crippen LogP contribution >= 0.6 is 0 Å². The Kier molecular flexibility index (Phi) is 3.58. The fourth-order valence-corrected chi connectivity index (χ4v) is 3.30. The molecular weight excluding hydrogens is 239 g/mol. The summed E-state index contributed by atoms with van der Waals surface area (Å²) >= 11 is 0. The van der Waals surface area contributed by atoms with Gasteiger partial charge in [-0.2, -0.15) is 0 Å². The summed E-state index contributed by atoms with van der Waals surface area (Å²) in [5.74, 6) is 0.865. The number of hydrogen-bond donors (Lipinski definition) is 0. The van der Waals surface area contributed by atoms with Crippen LogP contribution in [0.1, 0.15) is 38.5 Å². The zero-order valence-corrected chi connectivity index (χ0v) is 11.3. The zero-order valence-electron chi connectivity index (χ0n) is 11.3. The Labute approximate surface area is 113 Å². The van der Waals surface area contributed by atoms with Gasteiger partial charge in [0.2, 0.25) is 0 Å². The van der Waals surface area contributed by atoms with E-state index in [9.17, 15) is 4.39 Å².